The zero-order valence-corrected chi connectivity index (χ0v) is 23.8. The van der Waals surface area contributed by atoms with Crippen LogP contribution in [-0.2, 0) is 14.3 Å². The smallest absolute Gasteiger partial charge is 0.311 e. The molecule has 7 heteroatoms. The first-order valence-electron chi connectivity index (χ1n) is 13.7. The normalized spacial score (nSPS) is 16.5. The largest absolute Gasteiger partial charge is 0.462 e. The van der Waals surface area contributed by atoms with E-state index >= 15 is 0 Å². The van der Waals surface area contributed by atoms with E-state index in [0.29, 0.717) is 44.8 Å². The van der Waals surface area contributed by atoms with E-state index in [4.69, 9.17) is 10.5 Å². The zero-order chi connectivity index (χ0) is 27.3. The number of carbonyl (C=O) groups excluding carboxylic acids is 2. The fraction of sp³-hybridized carbons (Fsp3) is 0.724. The van der Waals surface area contributed by atoms with Crippen LogP contribution in [0.15, 0.2) is 24.3 Å². The van der Waals surface area contributed by atoms with Gasteiger partial charge in [-0.15, -0.1) is 0 Å². The number of aliphatic hydroxyl groups is 1. The van der Waals surface area contributed by atoms with E-state index < -0.39 is 11.5 Å². The third-order valence-electron chi connectivity index (χ3n) is 7.38. The Morgan fingerprint density at radius 1 is 1.17 bits per heavy atom. The quantitative estimate of drug-likeness (QED) is 0.222. The van der Waals surface area contributed by atoms with Crippen LogP contribution in [0, 0.1) is 11.3 Å². The Morgan fingerprint density at radius 3 is 2.36 bits per heavy atom. The summed E-state index contributed by atoms with van der Waals surface area (Å²) < 4.78 is 5.52. The summed E-state index contributed by atoms with van der Waals surface area (Å²) in [5.74, 6) is 0.0308. The molecule has 206 valence electrons. The molecule has 1 aromatic carbocycles. The summed E-state index contributed by atoms with van der Waals surface area (Å²) in [5.41, 5.74) is 7.23. The highest BCUT2D eigenvalue weighted by Crippen LogP contribution is 2.37. The molecular weight excluding hydrogens is 454 g/mol. The molecular formula is C29H52N3O4+. The molecule has 5 N–H and O–H groups in total. The molecule has 5 unspecified atom stereocenters. The lowest BCUT2D eigenvalue weighted by molar-refractivity contribution is -0.658. The zero-order valence-electron chi connectivity index (χ0n) is 23.8. The van der Waals surface area contributed by atoms with Gasteiger partial charge in [-0.2, -0.15) is 0 Å². The Balaban J connectivity index is 2.98. The Kier molecular flexibility index (Phi) is 14.3. The van der Waals surface area contributed by atoms with Gasteiger partial charge in [-0.25, -0.2) is 0 Å². The summed E-state index contributed by atoms with van der Waals surface area (Å²) in [6.45, 7) is 12.1. The van der Waals surface area contributed by atoms with Crippen LogP contribution < -0.4 is 11.1 Å². The van der Waals surface area contributed by atoms with Gasteiger partial charge >= 0.3 is 5.97 Å². The van der Waals surface area contributed by atoms with Crippen LogP contribution in [0.1, 0.15) is 89.7 Å². The highest BCUT2D eigenvalue weighted by Gasteiger charge is 2.39. The Morgan fingerprint density at radius 2 is 1.81 bits per heavy atom. The number of amides is 1. The van der Waals surface area contributed by atoms with Crippen LogP contribution in [0.5, 0.6) is 0 Å². The van der Waals surface area contributed by atoms with Gasteiger partial charge in [-0.05, 0) is 55.6 Å². The number of ether oxygens (including phenoxy) is 1. The van der Waals surface area contributed by atoms with Gasteiger partial charge in [0.25, 0.3) is 0 Å². The Bertz CT molecular complexity index is 800. The highest BCUT2D eigenvalue weighted by molar-refractivity contribution is 5.81. The van der Waals surface area contributed by atoms with Crippen molar-refractivity contribution in [3.63, 3.8) is 0 Å². The maximum Gasteiger partial charge on any atom is 0.311 e. The molecule has 1 amide bonds. The molecule has 0 saturated carbocycles. The molecule has 0 heterocycles. The molecule has 5 atom stereocenters. The van der Waals surface area contributed by atoms with E-state index in [0.717, 1.165) is 12.8 Å². The van der Waals surface area contributed by atoms with E-state index in [-0.39, 0.29) is 30.3 Å². The van der Waals surface area contributed by atoms with Gasteiger partial charge < -0.3 is 25.8 Å². The number of rotatable bonds is 17. The minimum Gasteiger partial charge on any atom is -0.462 e. The van der Waals surface area contributed by atoms with Crippen LogP contribution in [0.4, 0.5) is 0 Å². The number of quaternary nitrogens is 1. The predicted molar refractivity (Wildman–Crippen MR) is 146 cm³/mol. The summed E-state index contributed by atoms with van der Waals surface area (Å²) in [6.07, 6.45) is 3.17. The summed E-state index contributed by atoms with van der Waals surface area (Å²) >= 11 is 0. The third kappa shape index (κ3) is 10.2. The molecule has 0 aliphatic carbocycles. The van der Waals surface area contributed by atoms with Crippen molar-refractivity contribution < 1.29 is 24.7 Å². The maximum absolute atomic E-state index is 13.2. The minimum absolute atomic E-state index is 0.0289. The van der Waals surface area contributed by atoms with Crippen LogP contribution >= 0.6 is 0 Å². The number of carbonyl (C=O) groups is 2. The molecule has 0 fully saturated rings. The predicted octanol–water partition coefficient (Wildman–Crippen LogP) is 3.02. The van der Waals surface area contributed by atoms with E-state index in [1.807, 2.05) is 19.2 Å². The van der Waals surface area contributed by atoms with Crippen molar-refractivity contribution >= 4 is 11.9 Å². The molecule has 0 aliphatic rings. The van der Waals surface area contributed by atoms with Gasteiger partial charge in [0.15, 0.2) is 0 Å². The number of benzene rings is 1. The van der Waals surface area contributed by atoms with Crippen molar-refractivity contribution in [3.8, 4) is 0 Å². The van der Waals surface area contributed by atoms with Crippen LogP contribution in [0.2, 0.25) is 0 Å². The second kappa shape index (κ2) is 16.0. The SMILES string of the molecule is CCCC(C)c1cccc(C(C)CC(CC(C)(CC)C(=O)OCC(O)C[NH2+]CCN)C(=O)N(C)C)c1. The van der Waals surface area contributed by atoms with Crippen molar-refractivity contribution in [2.75, 3.05) is 40.3 Å². The van der Waals surface area contributed by atoms with E-state index in [1.165, 1.54) is 11.1 Å². The number of nitrogens with zero attached hydrogens (tertiary/aromatic N) is 1. The molecule has 0 bridgehead atoms. The van der Waals surface area contributed by atoms with E-state index in [2.05, 4.69) is 45.0 Å². The fourth-order valence-corrected chi connectivity index (χ4v) is 4.73. The van der Waals surface area contributed by atoms with Gasteiger partial charge in [0.05, 0.1) is 12.0 Å². The second-order valence-electron chi connectivity index (χ2n) is 10.9. The number of esters is 1. The molecule has 0 aliphatic heterocycles. The lowest BCUT2D eigenvalue weighted by Gasteiger charge is -2.32. The number of nitrogens with two attached hydrogens (primary N) is 2. The lowest BCUT2D eigenvalue weighted by atomic mass is 9.75. The first-order valence-corrected chi connectivity index (χ1v) is 13.7. The third-order valence-corrected chi connectivity index (χ3v) is 7.38. The molecule has 0 aromatic heterocycles. The molecule has 0 radical (unpaired) electrons. The molecule has 36 heavy (non-hydrogen) atoms. The van der Waals surface area contributed by atoms with Gasteiger partial charge in [0.2, 0.25) is 5.91 Å². The highest BCUT2D eigenvalue weighted by atomic mass is 16.5. The number of hydrogen-bond donors (Lipinski definition) is 3. The average Bonchev–Trinajstić information content (AvgIpc) is 2.86. The molecule has 0 spiro atoms. The fourth-order valence-electron chi connectivity index (χ4n) is 4.73. The van der Waals surface area contributed by atoms with E-state index in [9.17, 15) is 14.7 Å². The Hall–Kier alpha value is -1.96. The standard InChI is InChI=1S/C29H51N3O4/c1-8-11-21(3)23-12-10-13-24(17-23)22(4)16-25(27(34)32(6)7)18-29(5,9-2)28(35)36-20-26(33)19-31-15-14-30/h10,12-13,17,21-22,25-26,31,33H,8-9,11,14-16,18-20,30H2,1-7H3/p+1. The molecule has 0 saturated heterocycles. The summed E-state index contributed by atoms with van der Waals surface area (Å²) in [6, 6.07) is 8.71. The first kappa shape index (κ1) is 32.1. The van der Waals surface area contributed by atoms with Crippen LogP contribution in [-0.4, -0.2) is 68.3 Å². The molecule has 1 aromatic rings. The Labute approximate surface area is 219 Å². The number of hydrogen-bond acceptors (Lipinski definition) is 5. The van der Waals surface area contributed by atoms with Gasteiger partial charge in [0, 0.05) is 26.6 Å². The topological polar surface area (TPSA) is 109 Å². The van der Waals surface area contributed by atoms with E-state index in [1.54, 1.807) is 19.0 Å². The lowest BCUT2D eigenvalue weighted by Crippen LogP contribution is -2.87. The monoisotopic (exact) mass is 506 g/mol. The van der Waals surface area contributed by atoms with Gasteiger partial charge in [0.1, 0.15) is 19.3 Å². The summed E-state index contributed by atoms with van der Waals surface area (Å²) in [5, 5.41) is 12.0. The molecule has 1 rings (SSSR count). The minimum atomic E-state index is -0.811. The van der Waals surface area contributed by atoms with Crippen molar-refractivity contribution in [1.82, 2.24) is 4.90 Å². The number of aliphatic hydroxyl groups excluding tert-OH is 1. The second-order valence-corrected chi connectivity index (χ2v) is 10.9. The summed E-state index contributed by atoms with van der Waals surface area (Å²) in [4.78, 5) is 27.9. The average molecular weight is 507 g/mol. The maximum atomic E-state index is 13.2. The van der Waals surface area contributed by atoms with Crippen molar-refractivity contribution in [3.05, 3.63) is 35.4 Å². The van der Waals surface area contributed by atoms with Crippen LogP contribution in [0.3, 0.4) is 0 Å². The van der Waals surface area contributed by atoms with Gasteiger partial charge in [-0.3, -0.25) is 9.59 Å². The van der Waals surface area contributed by atoms with Crippen molar-refractivity contribution in [1.29, 1.82) is 0 Å². The summed E-state index contributed by atoms with van der Waals surface area (Å²) in [7, 11) is 3.53. The van der Waals surface area contributed by atoms with Gasteiger partial charge in [-0.1, -0.05) is 58.4 Å². The molecule has 7 nitrogen and oxygen atoms in total. The van der Waals surface area contributed by atoms with Crippen molar-refractivity contribution in [2.24, 2.45) is 17.1 Å². The van der Waals surface area contributed by atoms with Crippen molar-refractivity contribution in [2.45, 2.75) is 84.7 Å². The first-order chi connectivity index (χ1) is 17.0. The van der Waals surface area contributed by atoms with Crippen LogP contribution in [0.25, 0.3) is 0 Å².